The summed E-state index contributed by atoms with van der Waals surface area (Å²) in [6.45, 7) is 5.25. The van der Waals surface area contributed by atoms with Gasteiger partial charge in [0.1, 0.15) is 0 Å². The first kappa shape index (κ1) is 13.5. The predicted molar refractivity (Wildman–Crippen MR) is 64.7 cm³/mol. The van der Waals surface area contributed by atoms with Crippen LogP contribution in [0.15, 0.2) is 6.07 Å². The number of anilines is 1. The van der Waals surface area contributed by atoms with Gasteiger partial charge in [-0.2, -0.15) is 9.97 Å². The Balaban J connectivity index is 2.63. The molecule has 0 saturated heterocycles. The summed E-state index contributed by atoms with van der Waals surface area (Å²) in [7, 11) is 3.10. The van der Waals surface area contributed by atoms with Crippen molar-refractivity contribution in [3.05, 3.63) is 6.07 Å². The van der Waals surface area contributed by atoms with Crippen molar-refractivity contribution in [1.82, 2.24) is 9.97 Å². The molecule has 6 heteroatoms. The topological polar surface area (TPSA) is 65.5 Å². The van der Waals surface area contributed by atoms with Crippen LogP contribution in [0.1, 0.15) is 13.8 Å². The van der Waals surface area contributed by atoms with Crippen molar-refractivity contribution in [2.24, 2.45) is 0 Å². The zero-order chi connectivity index (χ0) is 12.7. The summed E-state index contributed by atoms with van der Waals surface area (Å²) in [5.74, 6) is 1.39. The summed E-state index contributed by atoms with van der Waals surface area (Å²) in [5.41, 5.74) is 0. The highest BCUT2D eigenvalue weighted by Crippen LogP contribution is 2.17. The molecule has 0 aliphatic heterocycles. The Morgan fingerprint density at radius 2 is 1.82 bits per heavy atom. The Kier molecular flexibility index (Phi) is 5.48. The van der Waals surface area contributed by atoms with Crippen molar-refractivity contribution < 1.29 is 14.2 Å². The minimum atomic E-state index is 0.0980. The Morgan fingerprint density at radius 3 is 2.29 bits per heavy atom. The number of rotatable bonds is 7. The lowest BCUT2D eigenvalue weighted by Gasteiger charge is -2.13. The van der Waals surface area contributed by atoms with Crippen molar-refractivity contribution >= 4 is 5.95 Å². The molecular weight excluding hydrogens is 222 g/mol. The van der Waals surface area contributed by atoms with Gasteiger partial charge in [-0.1, -0.05) is 0 Å². The van der Waals surface area contributed by atoms with Gasteiger partial charge >= 0.3 is 0 Å². The largest absolute Gasteiger partial charge is 0.481 e. The second-order valence-corrected chi connectivity index (χ2v) is 3.42. The number of hydrogen-bond acceptors (Lipinski definition) is 6. The lowest BCUT2D eigenvalue weighted by atomic mass is 10.4. The molecule has 0 aliphatic rings. The van der Waals surface area contributed by atoms with E-state index < -0.39 is 0 Å². The van der Waals surface area contributed by atoms with Crippen LogP contribution in [0.3, 0.4) is 0 Å². The number of nitrogens with zero attached hydrogens (tertiary/aromatic N) is 2. The van der Waals surface area contributed by atoms with Crippen molar-refractivity contribution in [2.45, 2.75) is 20.0 Å². The maximum Gasteiger partial charge on any atom is 0.229 e. The lowest BCUT2D eigenvalue weighted by Crippen LogP contribution is -2.20. The van der Waals surface area contributed by atoms with E-state index in [0.717, 1.165) is 0 Å². The molecule has 17 heavy (non-hydrogen) atoms. The third-order valence-corrected chi connectivity index (χ3v) is 2.10. The van der Waals surface area contributed by atoms with Gasteiger partial charge in [0.25, 0.3) is 0 Å². The van der Waals surface area contributed by atoms with E-state index in [2.05, 4.69) is 15.3 Å². The van der Waals surface area contributed by atoms with Crippen LogP contribution in [0, 0.1) is 0 Å². The van der Waals surface area contributed by atoms with Gasteiger partial charge in [0.05, 0.1) is 26.4 Å². The molecular formula is C11H19N3O3. The Bertz CT molecular complexity index is 324. The minimum absolute atomic E-state index is 0.0980. The van der Waals surface area contributed by atoms with Crippen LogP contribution in [-0.2, 0) is 4.74 Å². The van der Waals surface area contributed by atoms with Crippen molar-refractivity contribution in [3.63, 3.8) is 0 Å². The fourth-order valence-electron chi connectivity index (χ4n) is 1.27. The van der Waals surface area contributed by atoms with E-state index in [9.17, 15) is 0 Å². The third kappa shape index (κ3) is 4.44. The molecule has 1 N–H and O–H groups in total. The SMILES string of the molecule is CCOC(C)CNc1nc(OC)cc(OC)n1. The van der Waals surface area contributed by atoms with Crippen LogP contribution in [0.25, 0.3) is 0 Å². The molecule has 0 saturated carbocycles. The van der Waals surface area contributed by atoms with E-state index in [4.69, 9.17) is 14.2 Å². The van der Waals surface area contributed by atoms with Gasteiger partial charge in [-0.25, -0.2) is 0 Å². The average molecular weight is 241 g/mol. The highest BCUT2D eigenvalue weighted by Gasteiger charge is 2.06. The summed E-state index contributed by atoms with van der Waals surface area (Å²) < 4.78 is 15.5. The highest BCUT2D eigenvalue weighted by molar-refractivity contribution is 5.33. The van der Waals surface area contributed by atoms with E-state index >= 15 is 0 Å². The van der Waals surface area contributed by atoms with E-state index in [1.165, 1.54) is 0 Å². The molecule has 6 nitrogen and oxygen atoms in total. The smallest absolute Gasteiger partial charge is 0.229 e. The molecule has 1 rings (SSSR count). The van der Waals surface area contributed by atoms with Crippen molar-refractivity contribution in [1.29, 1.82) is 0 Å². The summed E-state index contributed by atoms with van der Waals surface area (Å²) in [6, 6.07) is 1.62. The van der Waals surface area contributed by atoms with Crippen LogP contribution in [0.2, 0.25) is 0 Å². The third-order valence-electron chi connectivity index (χ3n) is 2.10. The van der Waals surface area contributed by atoms with Gasteiger partial charge in [-0.05, 0) is 13.8 Å². The molecule has 96 valence electrons. The summed E-state index contributed by atoms with van der Waals surface area (Å²) in [4.78, 5) is 8.30. The Labute approximate surface area is 101 Å². The zero-order valence-electron chi connectivity index (χ0n) is 10.7. The van der Waals surface area contributed by atoms with E-state index in [0.29, 0.717) is 30.9 Å². The normalized spacial score (nSPS) is 12.0. The van der Waals surface area contributed by atoms with Crippen LogP contribution < -0.4 is 14.8 Å². The van der Waals surface area contributed by atoms with E-state index in [1.54, 1.807) is 20.3 Å². The molecule has 0 aliphatic carbocycles. The molecule has 1 heterocycles. The molecule has 0 spiro atoms. The maximum absolute atomic E-state index is 5.40. The van der Waals surface area contributed by atoms with Gasteiger partial charge in [-0.15, -0.1) is 0 Å². The van der Waals surface area contributed by atoms with E-state index in [1.807, 2.05) is 13.8 Å². The first-order valence-corrected chi connectivity index (χ1v) is 5.52. The fourth-order valence-corrected chi connectivity index (χ4v) is 1.27. The van der Waals surface area contributed by atoms with Crippen molar-refractivity contribution in [2.75, 3.05) is 32.7 Å². The molecule has 1 aromatic heterocycles. The van der Waals surface area contributed by atoms with Crippen molar-refractivity contribution in [3.8, 4) is 11.8 Å². The average Bonchev–Trinajstić information content (AvgIpc) is 2.36. The number of ether oxygens (including phenoxy) is 3. The number of hydrogen-bond donors (Lipinski definition) is 1. The predicted octanol–water partition coefficient (Wildman–Crippen LogP) is 1.33. The first-order valence-electron chi connectivity index (χ1n) is 5.52. The van der Waals surface area contributed by atoms with Crippen LogP contribution in [0.4, 0.5) is 5.95 Å². The fraction of sp³-hybridized carbons (Fsp3) is 0.636. The van der Waals surface area contributed by atoms with Crippen LogP contribution in [-0.4, -0.2) is 43.4 Å². The van der Waals surface area contributed by atoms with Gasteiger partial charge in [0, 0.05) is 13.2 Å². The molecule has 0 bridgehead atoms. The Morgan fingerprint density at radius 1 is 1.24 bits per heavy atom. The van der Waals surface area contributed by atoms with Gasteiger partial charge in [0.15, 0.2) is 0 Å². The first-order chi connectivity index (χ1) is 8.19. The molecule has 0 fully saturated rings. The number of aromatic nitrogens is 2. The van der Waals surface area contributed by atoms with Crippen LogP contribution in [0.5, 0.6) is 11.8 Å². The van der Waals surface area contributed by atoms with Gasteiger partial charge in [-0.3, -0.25) is 0 Å². The summed E-state index contributed by atoms with van der Waals surface area (Å²) >= 11 is 0. The molecule has 0 radical (unpaired) electrons. The number of nitrogens with one attached hydrogen (secondary N) is 1. The molecule has 1 aromatic rings. The maximum atomic E-state index is 5.40. The van der Waals surface area contributed by atoms with E-state index in [-0.39, 0.29) is 6.10 Å². The standard InChI is InChI=1S/C11H19N3O3/c1-5-17-8(2)7-12-11-13-9(15-3)6-10(14-11)16-4/h6,8H,5,7H2,1-4H3,(H,12,13,14). The lowest BCUT2D eigenvalue weighted by molar-refractivity contribution is 0.0854. The quantitative estimate of drug-likeness (QED) is 0.777. The second-order valence-electron chi connectivity index (χ2n) is 3.42. The highest BCUT2D eigenvalue weighted by atomic mass is 16.5. The van der Waals surface area contributed by atoms with Crippen LogP contribution >= 0.6 is 0 Å². The molecule has 0 aromatic carbocycles. The molecule has 0 amide bonds. The zero-order valence-corrected chi connectivity index (χ0v) is 10.7. The van der Waals surface area contributed by atoms with Gasteiger partial charge in [0.2, 0.25) is 17.7 Å². The van der Waals surface area contributed by atoms with Gasteiger partial charge < -0.3 is 19.5 Å². The summed E-state index contributed by atoms with van der Waals surface area (Å²) in [6.07, 6.45) is 0.0980. The molecule has 1 unspecified atom stereocenters. The number of methoxy groups -OCH3 is 2. The minimum Gasteiger partial charge on any atom is -0.481 e. The molecule has 1 atom stereocenters. The summed E-state index contributed by atoms with van der Waals surface area (Å²) in [5, 5.41) is 3.07. The Hall–Kier alpha value is -1.56. The monoisotopic (exact) mass is 241 g/mol. The second kappa shape index (κ2) is 6.90.